The Bertz CT molecular complexity index is 956. The summed E-state index contributed by atoms with van der Waals surface area (Å²) in [5.41, 5.74) is -0.874. The maximum atomic E-state index is 12.6. The van der Waals surface area contributed by atoms with E-state index in [1.807, 2.05) is 0 Å². The number of methoxy groups -OCH3 is 2. The van der Waals surface area contributed by atoms with Crippen LogP contribution in [-0.2, 0) is 0 Å². The molecule has 0 atom stereocenters. The number of fused-ring (bicyclic) bond motifs is 2. The van der Waals surface area contributed by atoms with Crippen molar-refractivity contribution in [3.63, 3.8) is 0 Å². The zero-order valence-electron chi connectivity index (χ0n) is 11.7. The second-order valence-corrected chi connectivity index (χ2v) is 4.57. The van der Waals surface area contributed by atoms with E-state index in [1.54, 1.807) is 0 Å². The lowest BCUT2D eigenvalue weighted by Gasteiger charge is -2.10. The fourth-order valence-electron chi connectivity index (χ4n) is 2.34. The SMILES string of the molecule is COc1cc(O)c2c(=O)c3c(O)c(OC)ccc3oc2c1O. The quantitative estimate of drug-likeness (QED) is 0.491. The molecule has 0 spiro atoms. The van der Waals surface area contributed by atoms with Crippen LogP contribution in [0.3, 0.4) is 0 Å². The van der Waals surface area contributed by atoms with Crippen LogP contribution in [0.2, 0.25) is 0 Å². The molecule has 0 aliphatic heterocycles. The Labute approximate surface area is 123 Å². The Kier molecular flexibility index (Phi) is 2.98. The van der Waals surface area contributed by atoms with Crippen molar-refractivity contribution in [2.24, 2.45) is 0 Å². The summed E-state index contributed by atoms with van der Waals surface area (Å²) < 4.78 is 15.3. The predicted octanol–water partition coefficient (Wildman–Crippen LogP) is 2.08. The molecule has 3 rings (SSSR count). The van der Waals surface area contributed by atoms with Crippen molar-refractivity contribution in [1.29, 1.82) is 0 Å². The van der Waals surface area contributed by atoms with Crippen LogP contribution in [0.15, 0.2) is 27.4 Å². The summed E-state index contributed by atoms with van der Waals surface area (Å²) in [5.74, 6) is -1.18. The molecule has 22 heavy (non-hydrogen) atoms. The molecule has 0 aliphatic rings. The number of benzene rings is 2. The number of phenolic OH excluding ortho intramolecular Hbond substituents is 3. The molecule has 114 valence electrons. The van der Waals surface area contributed by atoms with Gasteiger partial charge in [-0.05, 0) is 12.1 Å². The van der Waals surface area contributed by atoms with Crippen molar-refractivity contribution in [2.45, 2.75) is 0 Å². The summed E-state index contributed by atoms with van der Waals surface area (Å²) in [6.45, 7) is 0. The molecule has 0 aliphatic carbocycles. The second kappa shape index (κ2) is 4.73. The Morgan fingerprint density at radius 3 is 2.27 bits per heavy atom. The minimum Gasteiger partial charge on any atom is -0.507 e. The van der Waals surface area contributed by atoms with Gasteiger partial charge in [0.05, 0.1) is 14.2 Å². The Hall–Kier alpha value is -3.09. The van der Waals surface area contributed by atoms with Crippen molar-refractivity contribution < 1.29 is 29.2 Å². The summed E-state index contributed by atoms with van der Waals surface area (Å²) in [7, 11) is 2.65. The average Bonchev–Trinajstić information content (AvgIpc) is 2.50. The van der Waals surface area contributed by atoms with E-state index in [-0.39, 0.29) is 33.4 Å². The van der Waals surface area contributed by atoms with E-state index in [0.717, 1.165) is 6.07 Å². The predicted molar refractivity (Wildman–Crippen MR) is 78.1 cm³/mol. The van der Waals surface area contributed by atoms with Crippen molar-refractivity contribution in [3.8, 4) is 28.7 Å². The first-order chi connectivity index (χ1) is 10.5. The molecule has 0 unspecified atom stereocenters. The molecular formula is C15H12O7. The van der Waals surface area contributed by atoms with Crippen LogP contribution in [0, 0.1) is 0 Å². The van der Waals surface area contributed by atoms with Crippen LogP contribution in [-0.4, -0.2) is 29.5 Å². The first-order valence-corrected chi connectivity index (χ1v) is 6.25. The molecule has 7 nitrogen and oxygen atoms in total. The molecule has 1 aromatic heterocycles. The third kappa shape index (κ3) is 1.72. The maximum absolute atomic E-state index is 12.6. The second-order valence-electron chi connectivity index (χ2n) is 4.57. The van der Waals surface area contributed by atoms with Gasteiger partial charge in [-0.25, -0.2) is 0 Å². The van der Waals surface area contributed by atoms with Crippen molar-refractivity contribution in [2.75, 3.05) is 14.2 Å². The van der Waals surface area contributed by atoms with Crippen LogP contribution in [0.4, 0.5) is 0 Å². The van der Waals surface area contributed by atoms with E-state index in [2.05, 4.69) is 0 Å². The number of hydrogen-bond acceptors (Lipinski definition) is 7. The highest BCUT2D eigenvalue weighted by molar-refractivity contribution is 5.99. The molecule has 2 aromatic carbocycles. The van der Waals surface area contributed by atoms with Gasteiger partial charge < -0.3 is 29.2 Å². The third-order valence-corrected chi connectivity index (χ3v) is 3.41. The van der Waals surface area contributed by atoms with Gasteiger partial charge >= 0.3 is 0 Å². The van der Waals surface area contributed by atoms with E-state index in [1.165, 1.54) is 26.4 Å². The van der Waals surface area contributed by atoms with E-state index in [9.17, 15) is 20.1 Å². The number of ether oxygens (including phenoxy) is 2. The Morgan fingerprint density at radius 1 is 0.955 bits per heavy atom. The molecule has 3 N–H and O–H groups in total. The lowest BCUT2D eigenvalue weighted by molar-refractivity contribution is 0.367. The first-order valence-electron chi connectivity index (χ1n) is 6.25. The maximum Gasteiger partial charge on any atom is 0.208 e. The fourth-order valence-corrected chi connectivity index (χ4v) is 2.34. The van der Waals surface area contributed by atoms with Gasteiger partial charge in [-0.15, -0.1) is 0 Å². The highest BCUT2D eigenvalue weighted by atomic mass is 16.5. The van der Waals surface area contributed by atoms with Gasteiger partial charge in [0, 0.05) is 6.07 Å². The molecule has 0 amide bonds. The number of aromatic hydroxyl groups is 3. The largest absolute Gasteiger partial charge is 0.507 e. The Morgan fingerprint density at radius 2 is 1.64 bits per heavy atom. The molecule has 0 saturated heterocycles. The average molecular weight is 304 g/mol. The number of phenols is 3. The highest BCUT2D eigenvalue weighted by Crippen LogP contribution is 2.42. The molecular weight excluding hydrogens is 292 g/mol. The van der Waals surface area contributed by atoms with Crippen LogP contribution >= 0.6 is 0 Å². The third-order valence-electron chi connectivity index (χ3n) is 3.41. The summed E-state index contributed by atoms with van der Waals surface area (Å²) >= 11 is 0. The van der Waals surface area contributed by atoms with Crippen molar-refractivity contribution >= 4 is 21.9 Å². The minimum absolute atomic E-state index is 0.0368. The van der Waals surface area contributed by atoms with Gasteiger partial charge in [-0.3, -0.25) is 4.79 Å². The fraction of sp³-hybridized carbons (Fsp3) is 0.133. The molecule has 3 aromatic rings. The number of rotatable bonds is 2. The molecule has 0 bridgehead atoms. The zero-order valence-corrected chi connectivity index (χ0v) is 11.7. The van der Waals surface area contributed by atoms with Gasteiger partial charge in [0.1, 0.15) is 22.1 Å². The van der Waals surface area contributed by atoms with Crippen molar-refractivity contribution in [3.05, 3.63) is 28.4 Å². The summed E-state index contributed by atoms with van der Waals surface area (Å²) in [6, 6.07) is 3.94. The lowest BCUT2D eigenvalue weighted by atomic mass is 10.1. The monoisotopic (exact) mass is 304 g/mol. The number of hydrogen-bond donors (Lipinski definition) is 3. The molecule has 1 heterocycles. The van der Waals surface area contributed by atoms with E-state index in [4.69, 9.17) is 13.9 Å². The van der Waals surface area contributed by atoms with Gasteiger partial charge in [-0.1, -0.05) is 0 Å². The van der Waals surface area contributed by atoms with E-state index >= 15 is 0 Å². The normalized spacial score (nSPS) is 11.0. The molecule has 0 fully saturated rings. The zero-order chi connectivity index (χ0) is 16.0. The minimum atomic E-state index is -0.692. The van der Waals surface area contributed by atoms with Gasteiger partial charge in [-0.2, -0.15) is 0 Å². The van der Waals surface area contributed by atoms with Crippen LogP contribution in [0.25, 0.3) is 21.9 Å². The van der Waals surface area contributed by atoms with Crippen molar-refractivity contribution in [1.82, 2.24) is 0 Å². The lowest BCUT2D eigenvalue weighted by Crippen LogP contribution is -2.04. The standard InChI is InChI=1S/C15H12O7/c1-20-8-4-3-7-11(12(8)17)14(19)10-6(16)5-9(21-2)13(18)15(10)22-7/h3-5,16-18H,1-2H3. The molecule has 0 radical (unpaired) electrons. The molecule has 0 saturated carbocycles. The van der Waals surface area contributed by atoms with Gasteiger partial charge in [0.2, 0.25) is 11.2 Å². The van der Waals surface area contributed by atoms with E-state index in [0.29, 0.717) is 0 Å². The Balaban J connectivity index is 2.58. The van der Waals surface area contributed by atoms with E-state index < -0.39 is 22.7 Å². The summed E-state index contributed by atoms with van der Waals surface area (Å²) in [4.78, 5) is 12.6. The topological polar surface area (TPSA) is 109 Å². The highest BCUT2D eigenvalue weighted by Gasteiger charge is 2.21. The van der Waals surface area contributed by atoms with Crippen LogP contribution < -0.4 is 14.9 Å². The van der Waals surface area contributed by atoms with Gasteiger partial charge in [0.25, 0.3) is 0 Å². The first kappa shape index (κ1) is 13.9. The smallest absolute Gasteiger partial charge is 0.208 e. The summed E-state index contributed by atoms with van der Waals surface area (Å²) in [5, 5.41) is 29.8. The summed E-state index contributed by atoms with van der Waals surface area (Å²) in [6.07, 6.45) is 0. The van der Waals surface area contributed by atoms with Gasteiger partial charge in [0.15, 0.2) is 22.8 Å². The molecule has 7 heteroatoms. The van der Waals surface area contributed by atoms with Crippen LogP contribution in [0.1, 0.15) is 0 Å². The van der Waals surface area contributed by atoms with Crippen LogP contribution in [0.5, 0.6) is 28.7 Å².